The molecule has 25 heavy (non-hydrogen) atoms. The Morgan fingerprint density at radius 1 is 0.640 bits per heavy atom. The Morgan fingerprint density at radius 2 is 0.920 bits per heavy atom. The zero-order chi connectivity index (χ0) is 18.6. The van der Waals surface area contributed by atoms with Crippen LogP contribution in [0.1, 0.15) is 54.1 Å². The molecule has 2 aromatic carbocycles. The predicted molar refractivity (Wildman–Crippen MR) is 90.0 cm³/mol. The number of benzene rings is 2. The van der Waals surface area contributed by atoms with Crippen LogP contribution in [0.5, 0.6) is 0 Å². The summed E-state index contributed by atoms with van der Waals surface area (Å²) in [5.74, 6) is -2.20. The predicted octanol–water partition coefficient (Wildman–Crippen LogP) is 1.95. The molecule has 0 heterocycles. The van der Waals surface area contributed by atoms with Crippen LogP contribution >= 0.6 is 0 Å². The molecule has 128 valence electrons. The van der Waals surface area contributed by atoms with E-state index in [-0.39, 0.29) is 27.7 Å². The average molecular weight is 527 g/mol. The number of carbonyl (C=O) groups is 2. The monoisotopic (exact) mass is 528 g/mol. The molecule has 5 heteroatoms. The molecule has 0 bridgehead atoms. The Kier molecular flexibility index (Phi) is 9.05. The van der Waals surface area contributed by atoms with E-state index in [1.54, 1.807) is 26.0 Å². The van der Waals surface area contributed by atoms with Crippen LogP contribution in [0.4, 0.5) is 0 Å². The number of rotatable bonds is 2. The first-order valence-electron chi connectivity index (χ1n) is 7.63. The molecule has 0 aromatic heterocycles. The first kappa shape index (κ1) is 23.3. The fourth-order valence-corrected chi connectivity index (χ4v) is 2.50. The van der Waals surface area contributed by atoms with E-state index in [1.165, 1.54) is 0 Å². The largest absolute Gasteiger partial charge is 2.00 e. The summed E-state index contributed by atoms with van der Waals surface area (Å²) in [5.41, 5.74) is 6.08. The van der Waals surface area contributed by atoms with Crippen LogP contribution in [0.15, 0.2) is 24.3 Å². The third-order valence-corrected chi connectivity index (χ3v) is 4.06. The van der Waals surface area contributed by atoms with Gasteiger partial charge in [-0.1, -0.05) is 23.3 Å². The number of carboxylic acids is 2. The number of aryl methyl sites for hydroxylation is 4. The van der Waals surface area contributed by atoms with Crippen molar-refractivity contribution in [2.24, 2.45) is 0 Å². The molecular formula is C20H22HgO4. The first-order valence-corrected chi connectivity index (χ1v) is 7.63. The second-order valence-corrected chi connectivity index (χ2v) is 6.08. The molecule has 0 saturated carbocycles. The molecule has 0 atom stereocenters. The summed E-state index contributed by atoms with van der Waals surface area (Å²) in [6.07, 6.45) is 0. The van der Waals surface area contributed by atoms with Gasteiger partial charge in [0.15, 0.2) is 0 Å². The van der Waals surface area contributed by atoms with Gasteiger partial charge >= 0.3 is 27.7 Å². The summed E-state index contributed by atoms with van der Waals surface area (Å²) in [6, 6.07) is 7.19. The topological polar surface area (TPSA) is 80.3 Å². The molecule has 0 spiro atoms. The molecule has 0 saturated heterocycles. The van der Waals surface area contributed by atoms with Gasteiger partial charge in [0, 0.05) is 11.1 Å². The van der Waals surface area contributed by atoms with Gasteiger partial charge in [-0.2, -0.15) is 0 Å². The molecule has 0 aliphatic rings. The van der Waals surface area contributed by atoms with Crippen LogP contribution in [0.3, 0.4) is 0 Å². The van der Waals surface area contributed by atoms with Crippen LogP contribution in [-0.4, -0.2) is 11.9 Å². The molecule has 4 nitrogen and oxygen atoms in total. The molecule has 0 amide bonds. The molecule has 0 aliphatic heterocycles. The number of hydrogen-bond acceptors (Lipinski definition) is 4. The van der Waals surface area contributed by atoms with Crippen molar-refractivity contribution >= 4 is 11.9 Å². The van der Waals surface area contributed by atoms with Gasteiger partial charge < -0.3 is 19.8 Å². The summed E-state index contributed by atoms with van der Waals surface area (Å²) >= 11 is 0. The fraction of sp³-hybridized carbons (Fsp3) is 0.300. The van der Waals surface area contributed by atoms with Crippen molar-refractivity contribution in [3.63, 3.8) is 0 Å². The third-order valence-electron chi connectivity index (χ3n) is 4.06. The average Bonchev–Trinajstić information content (AvgIpc) is 2.46. The standard InChI is InChI=1S/2C10H12O2.Hg/c2*1-6-4-7(2)8(3)9(5-6)10(11)12;/h2*4-5H,1-3H3,(H,11,12);/q;;+2/p-2. The van der Waals surface area contributed by atoms with Gasteiger partial charge in [0.2, 0.25) is 0 Å². The summed E-state index contributed by atoms with van der Waals surface area (Å²) < 4.78 is 0. The summed E-state index contributed by atoms with van der Waals surface area (Å²) in [4.78, 5) is 21.2. The Labute approximate surface area is 169 Å². The maximum atomic E-state index is 10.6. The zero-order valence-electron chi connectivity index (χ0n) is 15.6. The van der Waals surface area contributed by atoms with Gasteiger partial charge in [-0.3, -0.25) is 0 Å². The molecule has 0 aliphatic carbocycles. The Morgan fingerprint density at radius 3 is 1.16 bits per heavy atom. The van der Waals surface area contributed by atoms with Crippen LogP contribution in [0.2, 0.25) is 0 Å². The van der Waals surface area contributed by atoms with Crippen molar-refractivity contribution in [2.75, 3.05) is 0 Å². The maximum Gasteiger partial charge on any atom is 2.00 e. The maximum absolute atomic E-state index is 10.6. The number of carboxylic acid groups (broad SMARTS) is 2. The van der Waals surface area contributed by atoms with Crippen molar-refractivity contribution in [1.82, 2.24) is 0 Å². The van der Waals surface area contributed by atoms with Gasteiger partial charge in [0.05, 0.1) is 11.9 Å². The van der Waals surface area contributed by atoms with Gasteiger partial charge in [0.1, 0.15) is 0 Å². The van der Waals surface area contributed by atoms with E-state index < -0.39 is 11.9 Å². The molecule has 2 rings (SSSR count). The summed E-state index contributed by atoms with van der Waals surface area (Å²) in [5, 5.41) is 21.2. The Balaban J connectivity index is 0.000000443. The molecule has 0 N–H and O–H groups in total. The van der Waals surface area contributed by atoms with Crippen LogP contribution in [-0.2, 0) is 27.7 Å². The molecule has 0 radical (unpaired) electrons. The van der Waals surface area contributed by atoms with E-state index >= 15 is 0 Å². The first-order chi connectivity index (χ1) is 11.0. The number of carbonyl (C=O) groups excluding carboxylic acids is 2. The van der Waals surface area contributed by atoms with Crippen LogP contribution < -0.4 is 10.2 Å². The van der Waals surface area contributed by atoms with Gasteiger partial charge in [-0.05, 0) is 75.9 Å². The zero-order valence-corrected chi connectivity index (χ0v) is 21.1. The number of hydrogen-bond donors (Lipinski definition) is 0. The molecular weight excluding hydrogens is 505 g/mol. The number of aromatic carboxylic acids is 2. The second kappa shape index (κ2) is 9.71. The van der Waals surface area contributed by atoms with E-state index in [9.17, 15) is 19.8 Å². The van der Waals surface area contributed by atoms with E-state index in [4.69, 9.17) is 0 Å². The minimum absolute atomic E-state index is 0. The van der Waals surface area contributed by atoms with E-state index in [1.807, 2.05) is 39.8 Å². The molecule has 0 fully saturated rings. The van der Waals surface area contributed by atoms with Crippen molar-refractivity contribution < 1.29 is 47.5 Å². The van der Waals surface area contributed by atoms with Crippen molar-refractivity contribution in [1.29, 1.82) is 0 Å². The SMILES string of the molecule is Cc1cc(C)c(C)c(C(=O)[O-])c1.Cc1cc(C)c(C)c(C(=O)[O-])c1.[Hg+2]. The van der Waals surface area contributed by atoms with E-state index in [0.29, 0.717) is 11.1 Å². The van der Waals surface area contributed by atoms with Gasteiger partial charge in [-0.15, -0.1) is 0 Å². The smallest absolute Gasteiger partial charge is 0.545 e. The minimum atomic E-state index is -1.10. The quantitative estimate of drug-likeness (QED) is 0.560. The Hall–Kier alpha value is -1.68. The molecule has 0 unspecified atom stereocenters. The van der Waals surface area contributed by atoms with Crippen LogP contribution in [0.25, 0.3) is 0 Å². The Bertz CT molecular complexity index is 727. The van der Waals surface area contributed by atoms with Crippen molar-refractivity contribution in [2.45, 2.75) is 41.5 Å². The second-order valence-electron chi connectivity index (χ2n) is 6.08. The van der Waals surface area contributed by atoms with Gasteiger partial charge in [0.25, 0.3) is 0 Å². The third kappa shape index (κ3) is 6.27. The summed E-state index contributed by atoms with van der Waals surface area (Å²) in [7, 11) is 0. The van der Waals surface area contributed by atoms with Gasteiger partial charge in [-0.25, -0.2) is 0 Å². The molecule has 2 aromatic rings. The van der Waals surface area contributed by atoms with E-state index in [2.05, 4.69) is 0 Å². The van der Waals surface area contributed by atoms with E-state index in [0.717, 1.165) is 33.4 Å². The normalized spacial score (nSPS) is 9.52. The minimum Gasteiger partial charge on any atom is -0.545 e. The van der Waals surface area contributed by atoms with Crippen molar-refractivity contribution in [3.8, 4) is 0 Å². The van der Waals surface area contributed by atoms with Crippen LogP contribution in [0, 0.1) is 41.5 Å². The van der Waals surface area contributed by atoms with Crippen molar-refractivity contribution in [3.05, 3.63) is 68.8 Å². The fourth-order valence-electron chi connectivity index (χ4n) is 2.50. The summed E-state index contributed by atoms with van der Waals surface area (Å²) in [6.45, 7) is 11.1.